The van der Waals surface area contributed by atoms with E-state index < -0.39 is 31.2 Å². The van der Waals surface area contributed by atoms with E-state index in [2.05, 4.69) is 15.0 Å². The molecule has 9 heteroatoms. The summed E-state index contributed by atoms with van der Waals surface area (Å²) in [5, 5.41) is 28.3. The molecule has 0 unspecified atom stereocenters. The van der Waals surface area contributed by atoms with Gasteiger partial charge in [0.15, 0.2) is 5.65 Å². The molecule has 1 saturated heterocycles. The van der Waals surface area contributed by atoms with Gasteiger partial charge in [0.2, 0.25) is 0 Å². The van der Waals surface area contributed by atoms with E-state index in [-0.39, 0.29) is 0 Å². The molecule has 1 aliphatic rings. The number of ether oxygens (including phenoxy) is 1. The zero-order valence-electron chi connectivity index (χ0n) is 9.70. The highest BCUT2D eigenvalue weighted by atomic mass is 16.8. The Morgan fingerprint density at radius 1 is 1.32 bits per heavy atom. The van der Waals surface area contributed by atoms with E-state index in [0.29, 0.717) is 11.2 Å². The van der Waals surface area contributed by atoms with Gasteiger partial charge in [0.05, 0.1) is 12.8 Å². The fraction of sp³-hybridized carbons (Fsp3) is 0.500. The molecule has 2 aromatic heterocycles. The average molecular weight is 268 g/mol. The van der Waals surface area contributed by atoms with Crippen molar-refractivity contribution >= 4 is 11.2 Å². The van der Waals surface area contributed by atoms with Crippen molar-refractivity contribution in [2.45, 2.75) is 24.6 Å². The van der Waals surface area contributed by atoms with Crippen LogP contribution in [0.1, 0.15) is 0 Å². The lowest BCUT2D eigenvalue weighted by atomic mass is 10.1. The molecule has 0 bridgehead atoms. The maximum Gasteiger partial charge on any atom is 0.254 e. The molecule has 102 valence electrons. The van der Waals surface area contributed by atoms with Gasteiger partial charge in [0.25, 0.3) is 6.29 Å². The Morgan fingerprint density at radius 2 is 2.16 bits per heavy atom. The Labute approximate surface area is 107 Å². The first-order chi connectivity index (χ1) is 9.20. The van der Waals surface area contributed by atoms with Gasteiger partial charge in [0, 0.05) is 0 Å². The quantitative estimate of drug-likeness (QED) is 0.567. The minimum absolute atomic E-state index is 0.410. The highest BCUT2D eigenvalue weighted by Gasteiger charge is 2.44. The predicted octanol–water partition coefficient (Wildman–Crippen LogP) is -2.31. The molecule has 9 nitrogen and oxygen atoms in total. The monoisotopic (exact) mass is 268 g/mol. The number of hydrogen-bond acceptors (Lipinski definition) is 8. The standard InChI is InChI=1S/C10H12N4O5/c15-2-6-7(16)8(17)10(18-6)19-14-4-13-5-1-11-3-12-9(5)14/h1,3-4,6-8,10,15-17H,2H2/t6-,7-,8-,10+/m1/s1. The maximum atomic E-state index is 9.75. The van der Waals surface area contributed by atoms with Gasteiger partial charge in [-0.25, -0.2) is 15.0 Å². The lowest BCUT2D eigenvalue weighted by molar-refractivity contribution is -0.169. The molecule has 0 spiro atoms. The summed E-state index contributed by atoms with van der Waals surface area (Å²) in [5.41, 5.74) is 0.932. The van der Waals surface area contributed by atoms with Gasteiger partial charge in [0.1, 0.15) is 36.5 Å². The van der Waals surface area contributed by atoms with Gasteiger partial charge >= 0.3 is 0 Å². The number of nitrogens with zero attached hydrogens (tertiary/aromatic N) is 4. The normalized spacial score (nSPS) is 30.9. The van der Waals surface area contributed by atoms with E-state index in [1.807, 2.05) is 0 Å². The van der Waals surface area contributed by atoms with Crippen molar-refractivity contribution in [3.63, 3.8) is 0 Å². The van der Waals surface area contributed by atoms with Crippen LogP contribution >= 0.6 is 0 Å². The lowest BCUT2D eigenvalue weighted by Crippen LogP contribution is -2.38. The van der Waals surface area contributed by atoms with Crippen molar-refractivity contribution in [1.82, 2.24) is 19.7 Å². The number of hydrogen-bond donors (Lipinski definition) is 3. The van der Waals surface area contributed by atoms with Crippen molar-refractivity contribution in [3.8, 4) is 0 Å². The second-order valence-corrected chi connectivity index (χ2v) is 4.11. The van der Waals surface area contributed by atoms with E-state index in [4.69, 9.17) is 14.7 Å². The van der Waals surface area contributed by atoms with Crippen molar-refractivity contribution in [3.05, 3.63) is 18.9 Å². The molecular weight excluding hydrogens is 256 g/mol. The third kappa shape index (κ3) is 2.02. The molecule has 1 aliphatic heterocycles. The third-order valence-electron chi connectivity index (χ3n) is 2.90. The molecule has 3 N–H and O–H groups in total. The molecule has 0 aromatic carbocycles. The summed E-state index contributed by atoms with van der Waals surface area (Å²) in [5.74, 6) is 0. The lowest BCUT2D eigenvalue weighted by Gasteiger charge is -2.16. The van der Waals surface area contributed by atoms with Crippen LogP contribution in [0.2, 0.25) is 0 Å². The Kier molecular flexibility index (Phi) is 3.03. The van der Waals surface area contributed by atoms with Crippen LogP contribution < -0.4 is 4.84 Å². The number of aliphatic hydroxyl groups excluding tert-OH is 3. The highest BCUT2D eigenvalue weighted by Crippen LogP contribution is 2.21. The SMILES string of the molecule is OC[C@H]1O[C@@H](On2cnc3cncnc32)[C@H](O)[C@@H]1O. The summed E-state index contributed by atoms with van der Waals surface area (Å²) in [4.78, 5) is 17.2. The summed E-state index contributed by atoms with van der Waals surface area (Å²) in [6.07, 6.45) is -0.269. The first kappa shape index (κ1) is 12.2. The third-order valence-corrected chi connectivity index (χ3v) is 2.90. The van der Waals surface area contributed by atoms with Gasteiger partial charge in [-0.3, -0.25) is 0 Å². The first-order valence-corrected chi connectivity index (χ1v) is 5.63. The first-order valence-electron chi connectivity index (χ1n) is 5.63. The number of aromatic nitrogens is 4. The molecule has 3 rings (SSSR count). The van der Waals surface area contributed by atoms with Crippen molar-refractivity contribution in [2.24, 2.45) is 0 Å². The van der Waals surface area contributed by atoms with Crippen LogP contribution in [0.3, 0.4) is 0 Å². The van der Waals surface area contributed by atoms with Crippen LogP contribution in [0.25, 0.3) is 11.2 Å². The zero-order chi connectivity index (χ0) is 13.4. The van der Waals surface area contributed by atoms with E-state index in [0.717, 1.165) is 0 Å². The summed E-state index contributed by atoms with van der Waals surface area (Å²) in [6, 6.07) is 0. The van der Waals surface area contributed by atoms with Crippen LogP contribution in [0.15, 0.2) is 18.9 Å². The van der Waals surface area contributed by atoms with E-state index >= 15 is 0 Å². The fourth-order valence-corrected chi connectivity index (χ4v) is 1.89. The van der Waals surface area contributed by atoms with Gasteiger partial charge in [-0.1, -0.05) is 0 Å². The molecule has 0 saturated carbocycles. The van der Waals surface area contributed by atoms with Gasteiger partial charge in [-0.15, -0.1) is 4.73 Å². The average Bonchev–Trinajstić information content (AvgIpc) is 2.96. The highest BCUT2D eigenvalue weighted by molar-refractivity contribution is 5.68. The smallest absolute Gasteiger partial charge is 0.254 e. The molecule has 2 aromatic rings. The van der Waals surface area contributed by atoms with Crippen LogP contribution in [-0.2, 0) is 4.74 Å². The van der Waals surface area contributed by atoms with E-state index in [1.54, 1.807) is 0 Å². The van der Waals surface area contributed by atoms with Gasteiger partial charge in [-0.2, -0.15) is 0 Å². The minimum Gasteiger partial charge on any atom is -0.394 e. The summed E-state index contributed by atoms with van der Waals surface area (Å²) in [6.45, 7) is -0.412. The fourth-order valence-electron chi connectivity index (χ4n) is 1.89. The Bertz CT molecular complexity index is 576. The molecule has 4 atom stereocenters. The van der Waals surface area contributed by atoms with E-state index in [1.165, 1.54) is 23.6 Å². The van der Waals surface area contributed by atoms with Gasteiger partial charge < -0.3 is 24.9 Å². The molecular formula is C10H12N4O5. The number of rotatable bonds is 3. The van der Waals surface area contributed by atoms with Crippen molar-refractivity contribution in [1.29, 1.82) is 0 Å². The van der Waals surface area contributed by atoms with Crippen LogP contribution in [0, 0.1) is 0 Å². The second-order valence-electron chi connectivity index (χ2n) is 4.11. The molecule has 1 fully saturated rings. The summed E-state index contributed by atoms with van der Waals surface area (Å²) in [7, 11) is 0. The number of imidazole rings is 1. The van der Waals surface area contributed by atoms with Crippen molar-refractivity contribution < 1.29 is 24.9 Å². The summed E-state index contributed by atoms with van der Waals surface area (Å²) >= 11 is 0. The Hall–Kier alpha value is -1.81. The predicted molar refractivity (Wildman–Crippen MR) is 59.7 cm³/mol. The summed E-state index contributed by atoms with van der Waals surface area (Å²) < 4.78 is 6.41. The topological polar surface area (TPSA) is 123 Å². The Balaban J connectivity index is 1.82. The zero-order valence-corrected chi connectivity index (χ0v) is 9.70. The number of fused-ring (bicyclic) bond motifs is 1. The second kappa shape index (κ2) is 4.70. The van der Waals surface area contributed by atoms with Gasteiger partial charge in [-0.05, 0) is 0 Å². The van der Waals surface area contributed by atoms with Crippen LogP contribution in [0.5, 0.6) is 0 Å². The largest absolute Gasteiger partial charge is 0.394 e. The van der Waals surface area contributed by atoms with Crippen LogP contribution in [0.4, 0.5) is 0 Å². The van der Waals surface area contributed by atoms with Crippen molar-refractivity contribution in [2.75, 3.05) is 6.61 Å². The molecule has 0 radical (unpaired) electrons. The van der Waals surface area contributed by atoms with E-state index in [9.17, 15) is 10.2 Å². The Morgan fingerprint density at radius 3 is 2.89 bits per heavy atom. The molecule has 3 heterocycles. The number of aliphatic hydroxyl groups is 3. The molecule has 19 heavy (non-hydrogen) atoms. The minimum atomic E-state index is -1.27. The van der Waals surface area contributed by atoms with Crippen LogP contribution in [-0.4, -0.2) is 66.2 Å². The molecule has 0 amide bonds. The maximum absolute atomic E-state index is 9.75. The molecule has 0 aliphatic carbocycles.